The van der Waals surface area contributed by atoms with Crippen LogP contribution >= 0.6 is 22.6 Å². The molecule has 1 N–H and O–H groups in total. The molecular weight excluding hydrogens is 463 g/mol. The van der Waals surface area contributed by atoms with Crippen LogP contribution < -0.4 is 10.2 Å². The van der Waals surface area contributed by atoms with Crippen LogP contribution in [0.5, 0.6) is 0 Å². The van der Waals surface area contributed by atoms with Crippen molar-refractivity contribution >= 4 is 50.9 Å². The summed E-state index contributed by atoms with van der Waals surface area (Å²) in [7, 11) is 0. The van der Waals surface area contributed by atoms with Crippen LogP contribution in [0.25, 0.3) is 10.8 Å². The molecule has 0 aliphatic rings. The molecule has 0 aliphatic heterocycles. The average Bonchev–Trinajstić information content (AvgIpc) is 2.57. The molecule has 0 fully saturated rings. The molecule has 0 aromatic heterocycles. The zero-order valence-electron chi connectivity index (χ0n) is 17.7. The van der Waals surface area contributed by atoms with E-state index in [0.29, 0.717) is 6.42 Å². The predicted octanol–water partition coefficient (Wildman–Crippen LogP) is 5.52. The van der Waals surface area contributed by atoms with E-state index >= 15 is 0 Å². The predicted molar refractivity (Wildman–Crippen MR) is 126 cm³/mol. The zero-order valence-corrected chi connectivity index (χ0v) is 19.8. The van der Waals surface area contributed by atoms with E-state index in [9.17, 15) is 9.59 Å². The Morgan fingerprint density at radius 2 is 1.68 bits per heavy atom. The van der Waals surface area contributed by atoms with Crippen molar-refractivity contribution in [2.24, 2.45) is 5.92 Å². The van der Waals surface area contributed by atoms with Crippen LogP contribution in [-0.4, -0.2) is 23.4 Å². The van der Waals surface area contributed by atoms with Gasteiger partial charge in [0, 0.05) is 15.5 Å². The number of hydrogen-bond donors (Lipinski definition) is 1. The van der Waals surface area contributed by atoms with Gasteiger partial charge in [0.2, 0.25) is 11.8 Å². The van der Waals surface area contributed by atoms with E-state index in [1.807, 2.05) is 65.8 Å². The summed E-state index contributed by atoms with van der Waals surface area (Å²) in [6, 6.07) is 11.6. The maximum absolute atomic E-state index is 13.2. The Balaban J connectivity index is 2.61. The van der Waals surface area contributed by atoms with Gasteiger partial charge in [0.1, 0.15) is 6.04 Å². The fourth-order valence-electron chi connectivity index (χ4n) is 3.32. The fourth-order valence-corrected chi connectivity index (χ4v) is 4.07. The number of nitrogens with one attached hydrogen (secondary N) is 1. The van der Waals surface area contributed by atoms with E-state index in [1.165, 1.54) is 0 Å². The second-order valence-corrected chi connectivity index (χ2v) is 9.75. The third-order valence-electron chi connectivity index (χ3n) is 4.48. The number of hydrogen-bond acceptors (Lipinski definition) is 2. The number of carbonyl (C=O) groups excluding carboxylic acids is 2. The summed E-state index contributed by atoms with van der Waals surface area (Å²) in [5.74, 6) is -0.153. The van der Waals surface area contributed by atoms with Crippen molar-refractivity contribution in [3.63, 3.8) is 0 Å². The molecule has 0 aliphatic carbocycles. The molecule has 0 saturated heterocycles. The van der Waals surface area contributed by atoms with Crippen LogP contribution in [0.4, 0.5) is 5.69 Å². The standard InChI is InChI=1S/C23H31IN2O2/c1-7-10-20(27)26(21(15(2)3)22(28)25-23(4,5)6)19-14-17-12-9-8-11-16(17)13-18(19)24/h8-9,11-15,21H,7,10H2,1-6H3,(H,25,28). The summed E-state index contributed by atoms with van der Waals surface area (Å²) in [5, 5.41) is 5.25. The molecule has 0 bridgehead atoms. The number of carbonyl (C=O) groups is 2. The maximum Gasteiger partial charge on any atom is 0.243 e. The van der Waals surface area contributed by atoms with Gasteiger partial charge in [-0.3, -0.25) is 14.5 Å². The van der Waals surface area contributed by atoms with Crippen molar-refractivity contribution in [2.45, 2.75) is 66.0 Å². The largest absolute Gasteiger partial charge is 0.350 e. The highest BCUT2D eigenvalue weighted by atomic mass is 127. The lowest BCUT2D eigenvalue weighted by atomic mass is 9.97. The van der Waals surface area contributed by atoms with Crippen molar-refractivity contribution in [3.05, 3.63) is 40.0 Å². The van der Waals surface area contributed by atoms with Crippen LogP contribution in [0.15, 0.2) is 36.4 Å². The van der Waals surface area contributed by atoms with Gasteiger partial charge in [0.15, 0.2) is 0 Å². The van der Waals surface area contributed by atoms with E-state index in [4.69, 9.17) is 0 Å². The van der Waals surface area contributed by atoms with Crippen LogP contribution in [0.3, 0.4) is 0 Å². The monoisotopic (exact) mass is 494 g/mol. The third-order valence-corrected chi connectivity index (χ3v) is 5.35. The van der Waals surface area contributed by atoms with Gasteiger partial charge in [-0.15, -0.1) is 0 Å². The molecule has 0 spiro atoms. The maximum atomic E-state index is 13.2. The first kappa shape index (κ1) is 22.7. The summed E-state index contributed by atoms with van der Waals surface area (Å²) in [4.78, 5) is 28.1. The Kier molecular flexibility index (Phi) is 7.48. The van der Waals surface area contributed by atoms with Gasteiger partial charge in [-0.2, -0.15) is 0 Å². The van der Waals surface area contributed by atoms with Crippen LogP contribution in [-0.2, 0) is 9.59 Å². The number of rotatable bonds is 6. The SMILES string of the molecule is CCCC(=O)N(c1cc2ccccc2cc1I)C(C(=O)NC(C)(C)C)C(C)C. The van der Waals surface area contributed by atoms with E-state index in [-0.39, 0.29) is 23.3 Å². The van der Waals surface area contributed by atoms with Gasteiger partial charge in [-0.1, -0.05) is 45.0 Å². The lowest BCUT2D eigenvalue weighted by Gasteiger charge is -2.36. The Morgan fingerprint density at radius 3 is 2.18 bits per heavy atom. The molecule has 5 heteroatoms. The number of halogens is 1. The van der Waals surface area contributed by atoms with E-state index < -0.39 is 6.04 Å². The van der Waals surface area contributed by atoms with E-state index in [0.717, 1.165) is 26.5 Å². The molecule has 1 unspecified atom stereocenters. The minimum absolute atomic E-state index is 0.0153. The summed E-state index contributed by atoms with van der Waals surface area (Å²) >= 11 is 2.27. The van der Waals surface area contributed by atoms with Crippen molar-refractivity contribution in [1.29, 1.82) is 0 Å². The molecule has 0 heterocycles. The molecule has 4 nitrogen and oxygen atoms in total. The molecule has 152 valence electrons. The molecule has 2 rings (SSSR count). The Morgan fingerprint density at radius 1 is 1.11 bits per heavy atom. The lowest BCUT2D eigenvalue weighted by Crippen LogP contribution is -2.56. The highest BCUT2D eigenvalue weighted by Gasteiger charge is 2.35. The molecule has 2 aromatic carbocycles. The average molecular weight is 494 g/mol. The van der Waals surface area contributed by atoms with Crippen molar-refractivity contribution in [3.8, 4) is 0 Å². The van der Waals surface area contributed by atoms with Crippen LogP contribution in [0, 0.1) is 9.49 Å². The molecule has 28 heavy (non-hydrogen) atoms. The number of fused-ring (bicyclic) bond motifs is 1. The molecular formula is C23H31IN2O2. The Bertz CT molecular complexity index is 855. The molecule has 1 atom stereocenters. The van der Waals surface area contributed by atoms with Crippen molar-refractivity contribution in [2.75, 3.05) is 4.90 Å². The smallest absolute Gasteiger partial charge is 0.243 e. The Hall–Kier alpha value is -1.63. The number of benzene rings is 2. The quantitative estimate of drug-likeness (QED) is 0.538. The van der Waals surface area contributed by atoms with Crippen LogP contribution in [0.1, 0.15) is 54.4 Å². The molecule has 2 aromatic rings. The minimum Gasteiger partial charge on any atom is -0.350 e. The zero-order chi connectivity index (χ0) is 21.1. The first-order valence-corrected chi connectivity index (χ1v) is 11.0. The molecule has 2 amide bonds. The van der Waals surface area contributed by atoms with Gasteiger partial charge < -0.3 is 5.32 Å². The topological polar surface area (TPSA) is 49.4 Å². The summed E-state index contributed by atoms with van der Waals surface area (Å²) in [5.41, 5.74) is 0.445. The lowest BCUT2D eigenvalue weighted by molar-refractivity contribution is -0.128. The van der Waals surface area contributed by atoms with Crippen molar-refractivity contribution in [1.82, 2.24) is 5.32 Å². The fraction of sp³-hybridized carbons (Fsp3) is 0.478. The second-order valence-electron chi connectivity index (χ2n) is 8.59. The van der Waals surface area contributed by atoms with E-state index in [1.54, 1.807) is 4.90 Å². The summed E-state index contributed by atoms with van der Waals surface area (Å²) in [6.07, 6.45) is 1.15. The summed E-state index contributed by atoms with van der Waals surface area (Å²) < 4.78 is 0.968. The van der Waals surface area contributed by atoms with Gasteiger partial charge in [-0.05, 0) is 78.6 Å². The highest BCUT2D eigenvalue weighted by molar-refractivity contribution is 14.1. The first-order valence-electron chi connectivity index (χ1n) is 9.87. The van der Waals surface area contributed by atoms with Gasteiger partial charge in [-0.25, -0.2) is 0 Å². The Labute approximate surface area is 182 Å². The van der Waals surface area contributed by atoms with Crippen molar-refractivity contribution < 1.29 is 9.59 Å². The van der Waals surface area contributed by atoms with Crippen LogP contribution in [0.2, 0.25) is 0 Å². The van der Waals surface area contributed by atoms with Gasteiger partial charge in [0.25, 0.3) is 0 Å². The van der Waals surface area contributed by atoms with E-state index in [2.05, 4.69) is 40.0 Å². The van der Waals surface area contributed by atoms with Gasteiger partial charge >= 0.3 is 0 Å². The number of anilines is 1. The number of nitrogens with zero attached hydrogens (tertiary/aromatic N) is 1. The minimum atomic E-state index is -0.562. The summed E-state index contributed by atoms with van der Waals surface area (Å²) in [6.45, 7) is 11.8. The van der Waals surface area contributed by atoms with Gasteiger partial charge in [0.05, 0.1) is 5.69 Å². The number of amides is 2. The molecule has 0 radical (unpaired) electrons. The first-order chi connectivity index (χ1) is 13.0. The third kappa shape index (κ3) is 5.46. The molecule has 0 saturated carbocycles. The highest BCUT2D eigenvalue weighted by Crippen LogP contribution is 2.32. The normalized spacial score (nSPS) is 12.9. The second kappa shape index (κ2) is 9.25.